The van der Waals surface area contributed by atoms with Crippen LogP contribution < -0.4 is 0 Å². The summed E-state index contributed by atoms with van der Waals surface area (Å²) in [5, 5.41) is 8.73. The van der Waals surface area contributed by atoms with E-state index in [1.54, 1.807) is 9.80 Å². The first-order chi connectivity index (χ1) is 6.20. The molecule has 1 aliphatic heterocycles. The molecule has 0 aromatic heterocycles. The number of urea groups is 1. The molecule has 1 N–H and O–H groups in total. The first-order valence-electron chi connectivity index (χ1n) is 4.83. The Morgan fingerprint density at radius 3 is 2.85 bits per heavy atom. The summed E-state index contributed by atoms with van der Waals surface area (Å²) in [4.78, 5) is 15.0. The first kappa shape index (κ1) is 10.3. The van der Waals surface area contributed by atoms with Gasteiger partial charge >= 0.3 is 6.03 Å². The smallest absolute Gasteiger partial charge is 0.320 e. The molecule has 1 unspecified atom stereocenters. The average Bonchev–Trinajstić information content (AvgIpc) is 2.36. The Morgan fingerprint density at radius 1 is 1.62 bits per heavy atom. The van der Waals surface area contributed by atoms with E-state index in [1.807, 2.05) is 7.05 Å². The van der Waals surface area contributed by atoms with Gasteiger partial charge in [0.25, 0.3) is 0 Å². The maximum atomic E-state index is 11.5. The largest absolute Gasteiger partial charge is 0.395 e. The minimum Gasteiger partial charge on any atom is -0.395 e. The molecule has 1 fully saturated rings. The van der Waals surface area contributed by atoms with Crippen LogP contribution in [0, 0.1) is 0 Å². The van der Waals surface area contributed by atoms with Gasteiger partial charge in [-0.2, -0.15) is 0 Å². The number of carbonyl (C=O) groups is 1. The lowest BCUT2D eigenvalue weighted by Crippen LogP contribution is -2.32. The molecular formula is C9H18N2O2. The number of rotatable bonds is 4. The van der Waals surface area contributed by atoms with Gasteiger partial charge in [0.2, 0.25) is 0 Å². The number of hydrogen-bond donors (Lipinski definition) is 1. The molecule has 0 spiro atoms. The fourth-order valence-corrected chi connectivity index (χ4v) is 1.76. The Morgan fingerprint density at radius 2 is 2.31 bits per heavy atom. The second kappa shape index (κ2) is 4.46. The van der Waals surface area contributed by atoms with Gasteiger partial charge < -0.3 is 14.9 Å². The third-order valence-electron chi connectivity index (χ3n) is 2.54. The van der Waals surface area contributed by atoms with Crippen molar-refractivity contribution in [2.24, 2.45) is 0 Å². The van der Waals surface area contributed by atoms with Crippen molar-refractivity contribution in [1.29, 1.82) is 0 Å². The van der Waals surface area contributed by atoms with Gasteiger partial charge in [-0.25, -0.2) is 4.79 Å². The van der Waals surface area contributed by atoms with Crippen LogP contribution in [0.3, 0.4) is 0 Å². The van der Waals surface area contributed by atoms with Gasteiger partial charge in [0, 0.05) is 20.1 Å². The van der Waals surface area contributed by atoms with Crippen LogP contribution in [0.15, 0.2) is 0 Å². The minimum absolute atomic E-state index is 0.0486. The van der Waals surface area contributed by atoms with Gasteiger partial charge in [0.15, 0.2) is 0 Å². The molecule has 1 rings (SSSR count). The third-order valence-corrected chi connectivity index (χ3v) is 2.54. The molecule has 1 atom stereocenters. The molecular weight excluding hydrogens is 168 g/mol. The van der Waals surface area contributed by atoms with Crippen molar-refractivity contribution < 1.29 is 9.90 Å². The zero-order valence-electron chi connectivity index (χ0n) is 8.36. The lowest BCUT2D eigenvalue weighted by molar-refractivity contribution is 0.182. The number of nitrogens with zero attached hydrogens (tertiary/aromatic N) is 2. The lowest BCUT2D eigenvalue weighted by atomic mass is 10.1. The van der Waals surface area contributed by atoms with E-state index in [0.717, 1.165) is 19.4 Å². The highest BCUT2D eigenvalue weighted by Gasteiger charge is 2.32. The Bertz CT molecular complexity index is 184. The summed E-state index contributed by atoms with van der Waals surface area (Å²) in [5.74, 6) is 0. The number of carbonyl (C=O) groups excluding carboxylic acids is 1. The zero-order chi connectivity index (χ0) is 9.84. The Balaban J connectivity index is 2.50. The second-order valence-electron chi connectivity index (χ2n) is 3.51. The molecule has 1 heterocycles. The predicted molar refractivity (Wildman–Crippen MR) is 50.5 cm³/mol. The Hall–Kier alpha value is -0.770. The predicted octanol–water partition coefficient (Wildman–Crippen LogP) is 0.515. The van der Waals surface area contributed by atoms with Crippen LogP contribution in [-0.4, -0.2) is 53.7 Å². The van der Waals surface area contributed by atoms with Crippen molar-refractivity contribution in [3.8, 4) is 0 Å². The zero-order valence-corrected chi connectivity index (χ0v) is 8.36. The summed E-state index contributed by atoms with van der Waals surface area (Å²) in [6.07, 6.45) is 2.14. The normalized spacial score (nSPS) is 23.0. The summed E-state index contributed by atoms with van der Waals surface area (Å²) < 4.78 is 0. The monoisotopic (exact) mass is 186 g/mol. The van der Waals surface area contributed by atoms with Crippen LogP contribution >= 0.6 is 0 Å². The van der Waals surface area contributed by atoms with Crippen LogP contribution in [0.25, 0.3) is 0 Å². The van der Waals surface area contributed by atoms with E-state index in [-0.39, 0.29) is 12.6 Å². The van der Waals surface area contributed by atoms with Gasteiger partial charge in [-0.05, 0) is 6.42 Å². The molecule has 0 saturated carbocycles. The van der Waals surface area contributed by atoms with Crippen molar-refractivity contribution in [3.63, 3.8) is 0 Å². The third kappa shape index (κ3) is 2.12. The molecule has 0 bridgehead atoms. The van der Waals surface area contributed by atoms with E-state index in [0.29, 0.717) is 12.6 Å². The van der Waals surface area contributed by atoms with E-state index in [1.165, 1.54) is 0 Å². The highest BCUT2D eigenvalue weighted by molar-refractivity contribution is 5.76. The summed E-state index contributed by atoms with van der Waals surface area (Å²) >= 11 is 0. The van der Waals surface area contributed by atoms with Crippen molar-refractivity contribution in [1.82, 2.24) is 9.80 Å². The van der Waals surface area contributed by atoms with E-state index >= 15 is 0 Å². The Kier molecular flexibility index (Phi) is 3.54. The van der Waals surface area contributed by atoms with Crippen LogP contribution in [-0.2, 0) is 0 Å². The van der Waals surface area contributed by atoms with Gasteiger partial charge in [-0.1, -0.05) is 13.3 Å². The van der Waals surface area contributed by atoms with E-state index < -0.39 is 0 Å². The molecule has 1 saturated heterocycles. The van der Waals surface area contributed by atoms with Crippen molar-refractivity contribution in [2.45, 2.75) is 25.8 Å². The number of likely N-dealkylation sites (N-methyl/N-ethyl adjacent to an activating group) is 1. The van der Waals surface area contributed by atoms with E-state index in [4.69, 9.17) is 5.11 Å². The fourth-order valence-electron chi connectivity index (χ4n) is 1.76. The number of aliphatic hydroxyl groups is 1. The molecule has 0 radical (unpaired) electrons. The molecule has 0 aliphatic carbocycles. The highest BCUT2D eigenvalue weighted by atomic mass is 16.3. The van der Waals surface area contributed by atoms with Crippen LogP contribution in [0.1, 0.15) is 19.8 Å². The van der Waals surface area contributed by atoms with Gasteiger partial charge in [-0.15, -0.1) is 0 Å². The van der Waals surface area contributed by atoms with E-state index in [2.05, 4.69) is 6.92 Å². The van der Waals surface area contributed by atoms with Crippen LogP contribution in [0.4, 0.5) is 4.79 Å². The summed E-state index contributed by atoms with van der Waals surface area (Å²) in [5.41, 5.74) is 0. The SMILES string of the molecule is CCCC1CN(CCO)C(=O)N1C. The lowest BCUT2D eigenvalue weighted by Gasteiger charge is -2.16. The topological polar surface area (TPSA) is 43.8 Å². The van der Waals surface area contributed by atoms with Crippen LogP contribution in [0.2, 0.25) is 0 Å². The maximum Gasteiger partial charge on any atom is 0.320 e. The average molecular weight is 186 g/mol. The molecule has 13 heavy (non-hydrogen) atoms. The van der Waals surface area contributed by atoms with Crippen molar-refractivity contribution >= 4 is 6.03 Å². The first-order valence-corrected chi connectivity index (χ1v) is 4.83. The summed E-state index contributed by atoms with van der Waals surface area (Å²) in [6.45, 7) is 3.40. The number of aliphatic hydroxyl groups excluding tert-OH is 1. The molecule has 76 valence electrons. The van der Waals surface area contributed by atoms with Gasteiger partial charge in [-0.3, -0.25) is 0 Å². The molecule has 0 aromatic rings. The maximum absolute atomic E-state index is 11.5. The van der Waals surface area contributed by atoms with E-state index in [9.17, 15) is 4.79 Å². The number of hydrogen-bond acceptors (Lipinski definition) is 2. The Labute approximate surface area is 79.1 Å². The molecule has 1 aliphatic rings. The standard InChI is InChI=1S/C9H18N2O2/c1-3-4-8-7-11(5-6-12)9(13)10(8)2/h8,12H,3-7H2,1-2H3. The van der Waals surface area contributed by atoms with Gasteiger partial charge in [0.05, 0.1) is 12.6 Å². The highest BCUT2D eigenvalue weighted by Crippen LogP contribution is 2.16. The molecule has 2 amide bonds. The fraction of sp³-hybridized carbons (Fsp3) is 0.889. The second-order valence-corrected chi connectivity index (χ2v) is 3.51. The van der Waals surface area contributed by atoms with Crippen LogP contribution in [0.5, 0.6) is 0 Å². The molecule has 4 heteroatoms. The minimum atomic E-state index is 0.0486. The summed E-state index contributed by atoms with van der Waals surface area (Å²) in [6, 6.07) is 0.386. The van der Waals surface area contributed by atoms with Crippen molar-refractivity contribution in [3.05, 3.63) is 0 Å². The summed E-state index contributed by atoms with van der Waals surface area (Å²) in [7, 11) is 1.83. The molecule has 0 aromatic carbocycles. The van der Waals surface area contributed by atoms with Crippen molar-refractivity contribution in [2.75, 3.05) is 26.7 Å². The van der Waals surface area contributed by atoms with Gasteiger partial charge in [0.1, 0.15) is 0 Å². The number of amides is 2. The number of β-amino-alcohol motifs (C(OH)–C–C–N with tert-alkyl or cyclic N) is 1. The quantitative estimate of drug-likeness (QED) is 0.695. The molecule has 4 nitrogen and oxygen atoms in total.